The molecule has 0 saturated carbocycles. The molecule has 0 saturated heterocycles. The number of H-pyrrole nitrogens is 2. The van der Waals surface area contributed by atoms with Gasteiger partial charge >= 0.3 is 0 Å². The first kappa shape index (κ1) is 64.1. The fourth-order valence-corrected chi connectivity index (χ4v) is 14.8. The minimum atomic E-state index is 0.383. The van der Waals surface area contributed by atoms with E-state index in [1.807, 2.05) is 0 Å². The first-order chi connectivity index (χ1) is 49.2. The number of ether oxygens (including phenoxy) is 6. The molecule has 16 rings (SSSR count). The summed E-state index contributed by atoms with van der Waals surface area (Å²) in [6.07, 6.45) is 10.5. The van der Waals surface area contributed by atoms with Crippen molar-refractivity contribution in [2.24, 2.45) is 0 Å². The Morgan fingerprint density at radius 1 is 0.260 bits per heavy atom. The van der Waals surface area contributed by atoms with Gasteiger partial charge in [-0.3, -0.25) is 0 Å². The van der Waals surface area contributed by atoms with E-state index in [1.54, 1.807) is 0 Å². The van der Waals surface area contributed by atoms with Crippen LogP contribution in [0.4, 0.5) is 0 Å². The third kappa shape index (κ3) is 11.0. The fraction of sp³-hybridized carbons (Fsp3) is 0.302. The highest BCUT2D eigenvalue weighted by atomic mass is 16.5. The molecule has 0 radical (unpaired) electrons. The van der Waals surface area contributed by atoms with Crippen molar-refractivity contribution in [3.63, 3.8) is 0 Å². The van der Waals surface area contributed by atoms with Crippen LogP contribution in [0.5, 0.6) is 34.5 Å². The average molecular weight is 1330 g/mol. The number of nitrogens with one attached hydrogen (secondary N) is 2. The highest BCUT2D eigenvalue weighted by Crippen LogP contribution is 2.56. The Hall–Kier alpha value is -10.6. The van der Waals surface area contributed by atoms with Gasteiger partial charge in [-0.1, -0.05) is 177 Å². The number of fused-ring (bicyclic) bond motifs is 27. The Labute approximate surface area is 581 Å². The number of benzene rings is 11. The fourth-order valence-electron chi connectivity index (χ4n) is 14.8. The highest BCUT2D eigenvalue weighted by Gasteiger charge is 2.36. The molecule has 11 aromatic carbocycles. The number of hydrogen-bond donors (Lipinski definition) is 2. The highest BCUT2D eigenvalue weighted by molar-refractivity contribution is 6.23. The molecule has 0 aliphatic carbocycles. The first-order valence-corrected chi connectivity index (χ1v) is 36.4. The molecule has 504 valence electrons. The van der Waals surface area contributed by atoms with Crippen LogP contribution in [-0.4, -0.2) is 79.5 Å². The Balaban J connectivity index is 1.16. The lowest BCUT2D eigenvalue weighted by atomic mass is 9.95. The maximum absolute atomic E-state index is 7.29. The van der Waals surface area contributed by atoms with Gasteiger partial charge in [0.2, 0.25) is 0 Å². The molecule has 2 aliphatic heterocycles. The zero-order valence-corrected chi connectivity index (χ0v) is 58.6. The Morgan fingerprint density at radius 2 is 0.500 bits per heavy atom. The molecule has 0 amide bonds. The maximum Gasteiger partial charge on any atom is 0.168 e. The zero-order valence-electron chi connectivity index (χ0n) is 58.6. The number of rotatable bonds is 24. The quantitative estimate of drug-likeness (QED) is 0.0435. The number of aromatic amines is 2. The molecule has 0 unspecified atom stereocenters. The number of nitrogens with zero attached hydrogens (tertiary/aromatic N) is 6. The predicted octanol–water partition coefficient (Wildman–Crippen LogP) is 22.6. The second-order valence-corrected chi connectivity index (χ2v) is 26.8. The predicted molar refractivity (Wildman–Crippen MR) is 410 cm³/mol. The normalized spacial score (nSPS) is 12.1. The van der Waals surface area contributed by atoms with Crippen LogP contribution < -0.4 is 28.4 Å². The summed E-state index contributed by atoms with van der Waals surface area (Å²) in [5.74, 6) is 5.56. The van der Waals surface area contributed by atoms with Crippen LogP contribution in [0.15, 0.2) is 133 Å². The second-order valence-electron chi connectivity index (χ2n) is 26.8. The van der Waals surface area contributed by atoms with Crippen molar-refractivity contribution in [1.29, 1.82) is 0 Å². The van der Waals surface area contributed by atoms with Crippen LogP contribution in [0, 0.1) is 13.8 Å². The summed E-state index contributed by atoms with van der Waals surface area (Å²) in [6.45, 7) is 20.2. The number of aryl methyl sites for hydroxylation is 2. The molecule has 0 atom stereocenters. The Kier molecular flexibility index (Phi) is 17.5. The minimum Gasteiger partial charge on any atom is -0.492 e. The molecule has 0 spiro atoms. The van der Waals surface area contributed by atoms with Gasteiger partial charge < -0.3 is 38.4 Å². The molecule has 100 heavy (non-hydrogen) atoms. The largest absolute Gasteiger partial charge is 0.492 e. The van der Waals surface area contributed by atoms with E-state index < -0.39 is 0 Å². The maximum atomic E-state index is 7.29. The van der Waals surface area contributed by atoms with E-state index in [0.29, 0.717) is 142 Å². The number of hydrogen-bond acceptors (Lipinski definition) is 12. The van der Waals surface area contributed by atoms with Crippen molar-refractivity contribution in [2.75, 3.05) is 39.6 Å². The van der Waals surface area contributed by atoms with Gasteiger partial charge in [-0.15, -0.1) is 0 Å². The van der Waals surface area contributed by atoms with Gasteiger partial charge in [0.15, 0.2) is 23.3 Å². The average Bonchev–Trinajstić information content (AvgIpc) is 1.52. The topological polar surface area (TPSA) is 164 Å². The van der Waals surface area contributed by atoms with Gasteiger partial charge in [0.1, 0.15) is 57.1 Å². The first-order valence-electron chi connectivity index (χ1n) is 36.4. The summed E-state index contributed by atoms with van der Waals surface area (Å²) >= 11 is 0. The molecule has 5 heterocycles. The van der Waals surface area contributed by atoms with Crippen molar-refractivity contribution >= 4 is 120 Å². The molecule has 0 fully saturated rings. The lowest BCUT2D eigenvalue weighted by molar-refractivity contribution is 0.308. The lowest BCUT2D eigenvalue weighted by Crippen LogP contribution is -2.04. The summed E-state index contributed by atoms with van der Waals surface area (Å²) in [5, 5.41) is 17.2. The molecule has 3 aromatic heterocycles. The van der Waals surface area contributed by atoms with E-state index in [2.05, 4.69) is 199 Å². The van der Waals surface area contributed by atoms with Crippen LogP contribution in [0.2, 0.25) is 0 Å². The molecule has 14 nitrogen and oxygen atoms in total. The van der Waals surface area contributed by atoms with E-state index in [0.717, 1.165) is 185 Å². The van der Waals surface area contributed by atoms with Crippen LogP contribution in [0.25, 0.3) is 165 Å². The van der Waals surface area contributed by atoms with Crippen molar-refractivity contribution in [3.05, 3.63) is 145 Å². The molecular weight excluding hydrogens is 1240 g/mol. The third-order valence-corrected chi connectivity index (χ3v) is 20.0. The van der Waals surface area contributed by atoms with E-state index in [4.69, 9.17) is 58.3 Å². The Morgan fingerprint density at radius 3 is 0.810 bits per heavy atom. The van der Waals surface area contributed by atoms with Gasteiger partial charge in [0.25, 0.3) is 0 Å². The summed E-state index contributed by atoms with van der Waals surface area (Å²) in [7, 11) is 0. The van der Waals surface area contributed by atoms with E-state index in [9.17, 15) is 0 Å². The molecule has 14 heteroatoms. The molecular formula is C86H84N8O6. The van der Waals surface area contributed by atoms with Gasteiger partial charge in [-0.2, -0.15) is 0 Å². The third-order valence-electron chi connectivity index (χ3n) is 20.0. The van der Waals surface area contributed by atoms with Crippen molar-refractivity contribution < 1.29 is 28.4 Å². The van der Waals surface area contributed by atoms with Crippen LogP contribution in [0.1, 0.15) is 130 Å². The van der Waals surface area contributed by atoms with Gasteiger partial charge in [-0.05, 0) is 143 Å². The molecule has 2 N–H and O–H groups in total. The van der Waals surface area contributed by atoms with E-state index in [1.165, 1.54) is 0 Å². The zero-order chi connectivity index (χ0) is 68.1. The van der Waals surface area contributed by atoms with Crippen LogP contribution in [0.3, 0.4) is 0 Å². The molecule has 8 bridgehead atoms. The lowest BCUT2D eigenvalue weighted by Gasteiger charge is -2.19. The number of aromatic nitrogens is 8. The van der Waals surface area contributed by atoms with Gasteiger partial charge in [-0.25, -0.2) is 29.9 Å². The monoisotopic (exact) mass is 1320 g/mol. The smallest absolute Gasteiger partial charge is 0.168 e. The van der Waals surface area contributed by atoms with E-state index >= 15 is 0 Å². The minimum absolute atomic E-state index is 0.383. The standard InChI is InChI=1S/C86H84N8O6/c1-9-15-37-95-73-58-36-28-27-35-57(58)49(7)65-67(73)81-87-79(65)89-83-69-70(76(98-40-18-12-4)62-46-54-32-24-23-31-53(54)45-61(62)75(69)97-39-17-11-3)84(93-83)90-80-66-50(8)59-43-51-29-21-22-30-52(51)44-60(59)74(96-38-16-10-2)68(66)82(88-80)92-86-72-71(85(91-81)94-86)77(99-41-19-13-5)63-47-55-33-25-26-34-56(55)48-64(63)78(72)100-42-20-14-6/h21-36,43-48H,9-20,37-42H2,1-8H3,(H2,87,88,89,90,91,92,93,94). The number of unbranched alkanes of at least 4 members (excludes halogenated alkanes) is 6. The second kappa shape index (κ2) is 27.3. The van der Waals surface area contributed by atoms with Crippen molar-refractivity contribution in [2.45, 2.75) is 132 Å². The summed E-state index contributed by atoms with van der Waals surface area (Å²) < 4.78 is 43.6. The van der Waals surface area contributed by atoms with Crippen LogP contribution in [-0.2, 0) is 0 Å². The SMILES string of the molecule is CCCCOc1c2c(c(OCCCC)c3cc4ccccc4cc13)-c1nc-2nc2[nH]c(nc3nc(nc4[nH]c(n1)c1c(C)c5cc6ccccc6cc5c(OCCCC)c41)-c1c-3c(OCCCC)c3cc4ccccc4cc3c1OCCCC)c1c(OCCCC)c3ccccc3c(C)c21. The summed E-state index contributed by atoms with van der Waals surface area (Å²) in [4.78, 5) is 43.0. The van der Waals surface area contributed by atoms with Crippen LogP contribution >= 0.6 is 0 Å². The van der Waals surface area contributed by atoms with Crippen molar-refractivity contribution in [1.82, 2.24) is 39.9 Å². The Bertz CT molecular complexity index is 5780. The van der Waals surface area contributed by atoms with E-state index in [-0.39, 0.29) is 0 Å². The summed E-state index contributed by atoms with van der Waals surface area (Å²) in [5.41, 5.74) is 6.72. The van der Waals surface area contributed by atoms with Crippen molar-refractivity contribution in [3.8, 4) is 80.0 Å². The summed E-state index contributed by atoms with van der Waals surface area (Å²) in [6, 6.07) is 47.5. The molecule has 14 aromatic rings. The van der Waals surface area contributed by atoms with Gasteiger partial charge in [0, 0.05) is 43.1 Å². The van der Waals surface area contributed by atoms with Gasteiger partial charge in [0.05, 0.1) is 72.7 Å². The molecule has 2 aliphatic rings.